The van der Waals surface area contributed by atoms with Gasteiger partial charge in [-0.2, -0.15) is 0 Å². The highest BCUT2D eigenvalue weighted by Gasteiger charge is 2.30. The van der Waals surface area contributed by atoms with Crippen molar-refractivity contribution in [1.29, 1.82) is 0 Å². The standard InChI is InChI=1S/C25H28N2O4S/c1-5-29-20-14-17(15-21(30-6-2)22(20)31-7-3)24(28)26-25-27(4)19-13-12-16-10-8-9-11-18(16)23(19)32-25/h8-15,25H,5-7H2,1-4H3,(H,26,28)/t25-/m0/s1. The van der Waals surface area contributed by atoms with Crippen molar-refractivity contribution in [1.82, 2.24) is 5.32 Å². The van der Waals surface area contributed by atoms with Crippen LogP contribution in [0, 0.1) is 0 Å². The fourth-order valence-electron chi connectivity index (χ4n) is 3.79. The molecule has 4 rings (SSSR count). The van der Waals surface area contributed by atoms with Crippen LogP contribution in [0.5, 0.6) is 17.2 Å². The average Bonchev–Trinajstić information content (AvgIpc) is 3.11. The van der Waals surface area contributed by atoms with Gasteiger partial charge in [0.2, 0.25) is 5.75 Å². The Morgan fingerprint density at radius 2 is 1.62 bits per heavy atom. The lowest BCUT2D eigenvalue weighted by atomic mass is 10.1. The molecule has 1 N–H and O–H groups in total. The van der Waals surface area contributed by atoms with Gasteiger partial charge in [-0.05, 0) is 49.7 Å². The summed E-state index contributed by atoms with van der Waals surface area (Å²) in [7, 11) is 1.99. The molecule has 0 saturated carbocycles. The van der Waals surface area contributed by atoms with E-state index in [9.17, 15) is 4.79 Å². The van der Waals surface area contributed by atoms with Gasteiger partial charge in [-0.1, -0.05) is 42.1 Å². The van der Waals surface area contributed by atoms with Crippen molar-refractivity contribution < 1.29 is 19.0 Å². The van der Waals surface area contributed by atoms with Crippen molar-refractivity contribution >= 4 is 34.1 Å². The summed E-state index contributed by atoms with van der Waals surface area (Å²) >= 11 is 1.64. The molecule has 7 heteroatoms. The van der Waals surface area contributed by atoms with Crippen LogP contribution in [0.1, 0.15) is 31.1 Å². The lowest BCUT2D eigenvalue weighted by Gasteiger charge is -2.23. The number of nitrogens with zero attached hydrogens (tertiary/aromatic N) is 1. The molecule has 1 atom stereocenters. The maximum atomic E-state index is 13.2. The van der Waals surface area contributed by atoms with Crippen molar-refractivity contribution in [2.45, 2.75) is 31.2 Å². The Hall–Kier alpha value is -3.06. The number of fused-ring (bicyclic) bond motifs is 3. The molecule has 0 spiro atoms. The van der Waals surface area contributed by atoms with Gasteiger partial charge in [0.25, 0.3) is 5.91 Å². The monoisotopic (exact) mass is 452 g/mol. The van der Waals surface area contributed by atoms with Gasteiger partial charge < -0.3 is 24.4 Å². The maximum absolute atomic E-state index is 13.2. The molecular weight excluding hydrogens is 424 g/mol. The first-order chi connectivity index (χ1) is 15.6. The van der Waals surface area contributed by atoms with Crippen LogP contribution in [0.2, 0.25) is 0 Å². The number of amides is 1. The number of anilines is 1. The van der Waals surface area contributed by atoms with Crippen molar-refractivity contribution in [3.63, 3.8) is 0 Å². The lowest BCUT2D eigenvalue weighted by Crippen LogP contribution is -2.41. The second-order valence-corrected chi connectivity index (χ2v) is 8.38. The number of nitrogens with one attached hydrogen (secondary N) is 1. The third-order valence-corrected chi connectivity index (χ3v) is 6.57. The lowest BCUT2D eigenvalue weighted by molar-refractivity contribution is 0.0949. The van der Waals surface area contributed by atoms with E-state index in [2.05, 4.69) is 34.5 Å². The number of ether oxygens (including phenoxy) is 3. The number of hydrogen-bond donors (Lipinski definition) is 1. The van der Waals surface area contributed by atoms with Crippen LogP contribution < -0.4 is 24.4 Å². The van der Waals surface area contributed by atoms with Crippen molar-refractivity contribution in [2.24, 2.45) is 0 Å². The topological polar surface area (TPSA) is 60.0 Å². The minimum absolute atomic E-state index is 0.198. The molecule has 0 unspecified atom stereocenters. The fourth-order valence-corrected chi connectivity index (χ4v) is 5.10. The van der Waals surface area contributed by atoms with Crippen molar-refractivity contribution in [3.05, 3.63) is 54.1 Å². The highest BCUT2D eigenvalue weighted by atomic mass is 32.2. The van der Waals surface area contributed by atoms with E-state index >= 15 is 0 Å². The molecule has 3 aromatic rings. The molecule has 0 radical (unpaired) electrons. The van der Waals surface area contributed by atoms with E-state index in [0.717, 1.165) is 5.69 Å². The molecule has 1 amide bonds. The van der Waals surface area contributed by atoms with E-state index in [1.54, 1.807) is 23.9 Å². The molecule has 0 fully saturated rings. The van der Waals surface area contributed by atoms with Crippen LogP contribution >= 0.6 is 11.8 Å². The van der Waals surface area contributed by atoms with E-state index < -0.39 is 0 Å². The highest BCUT2D eigenvalue weighted by Crippen LogP contribution is 2.46. The van der Waals surface area contributed by atoms with E-state index in [4.69, 9.17) is 14.2 Å². The first kappa shape index (κ1) is 22.1. The highest BCUT2D eigenvalue weighted by molar-refractivity contribution is 8.00. The Morgan fingerprint density at radius 1 is 0.969 bits per heavy atom. The van der Waals surface area contributed by atoms with Gasteiger partial charge in [-0.15, -0.1) is 0 Å². The number of carbonyl (C=O) groups is 1. The predicted molar refractivity (Wildman–Crippen MR) is 129 cm³/mol. The van der Waals surface area contributed by atoms with Crippen LogP contribution in [0.3, 0.4) is 0 Å². The smallest absolute Gasteiger partial charge is 0.253 e. The zero-order chi connectivity index (χ0) is 22.7. The van der Waals surface area contributed by atoms with Crippen LogP contribution in [0.25, 0.3) is 10.8 Å². The second-order valence-electron chi connectivity index (χ2n) is 7.29. The van der Waals surface area contributed by atoms with Gasteiger partial charge in [-0.25, -0.2) is 0 Å². The van der Waals surface area contributed by atoms with Crippen LogP contribution in [-0.4, -0.2) is 38.3 Å². The fraction of sp³-hybridized carbons (Fsp3) is 0.320. The molecular formula is C25H28N2O4S. The maximum Gasteiger partial charge on any atom is 0.253 e. The Labute approximate surface area is 192 Å². The third kappa shape index (κ3) is 4.17. The summed E-state index contributed by atoms with van der Waals surface area (Å²) in [5, 5.41) is 5.52. The summed E-state index contributed by atoms with van der Waals surface area (Å²) in [5.41, 5.74) is 1.35. The summed E-state index contributed by atoms with van der Waals surface area (Å²) < 4.78 is 17.3. The summed E-state index contributed by atoms with van der Waals surface area (Å²) in [6, 6.07) is 16.0. The van der Waals surface area contributed by atoms with Gasteiger partial charge in [-0.3, -0.25) is 4.79 Å². The van der Waals surface area contributed by atoms with Crippen LogP contribution in [0.4, 0.5) is 5.69 Å². The molecule has 1 heterocycles. The van der Waals surface area contributed by atoms with Gasteiger partial charge in [0.15, 0.2) is 17.0 Å². The molecule has 168 valence electrons. The SMILES string of the molecule is CCOc1cc(C(=O)N[C@@H]2Sc3c(ccc4ccccc34)N2C)cc(OCC)c1OCC. The van der Waals surface area contributed by atoms with E-state index in [1.165, 1.54) is 15.7 Å². The number of carbonyl (C=O) groups excluding carboxylic acids is 1. The van der Waals surface area contributed by atoms with Crippen LogP contribution in [0.15, 0.2) is 53.4 Å². The van der Waals surface area contributed by atoms with Gasteiger partial charge >= 0.3 is 0 Å². The normalized spacial score (nSPS) is 14.9. The Bertz CT molecular complexity index is 1110. The number of benzene rings is 3. The third-order valence-electron chi connectivity index (χ3n) is 5.25. The minimum atomic E-state index is -0.221. The Balaban J connectivity index is 1.61. The average molecular weight is 453 g/mol. The molecule has 6 nitrogen and oxygen atoms in total. The summed E-state index contributed by atoms with van der Waals surface area (Å²) in [6.45, 7) is 7.09. The zero-order valence-electron chi connectivity index (χ0n) is 18.8. The predicted octanol–water partition coefficient (Wildman–Crippen LogP) is 5.29. The number of rotatable bonds is 8. The number of hydrogen-bond acceptors (Lipinski definition) is 6. The minimum Gasteiger partial charge on any atom is -0.490 e. The molecule has 0 aliphatic carbocycles. The van der Waals surface area contributed by atoms with E-state index in [0.29, 0.717) is 42.6 Å². The largest absolute Gasteiger partial charge is 0.490 e. The van der Waals surface area contributed by atoms with Crippen LogP contribution in [-0.2, 0) is 0 Å². The zero-order valence-corrected chi connectivity index (χ0v) is 19.6. The summed E-state index contributed by atoms with van der Waals surface area (Å²) in [5.74, 6) is 1.34. The first-order valence-electron chi connectivity index (χ1n) is 10.9. The van der Waals surface area contributed by atoms with E-state index in [-0.39, 0.29) is 11.4 Å². The first-order valence-corrected chi connectivity index (χ1v) is 11.7. The van der Waals surface area contributed by atoms with Crippen molar-refractivity contribution in [2.75, 3.05) is 31.8 Å². The molecule has 0 saturated heterocycles. The van der Waals surface area contributed by atoms with Gasteiger partial charge in [0.05, 0.1) is 25.5 Å². The summed E-state index contributed by atoms with van der Waals surface area (Å²) in [6.07, 6.45) is 0. The number of thioether (sulfide) groups is 1. The summed E-state index contributed by atoms with van der Waals surface area (Å²) in [4.78, 5) is 16.5. The molecule has 0 bridgehead atoms. The quantitative estimate of drug-likeness (QED) is 0.501. The Morgan fingerprint density at radius 3 is 2.28 bits per heavy atom. The van der Waals surface area contributed by atoms with Gasteiger partial charge in [0, 0.05) is 17.5 Å². The molecule has 1 aliphatic rings. The molecule has 3 aromatic carbocycles. The molecule has 0 aromatic heterocycles. The van der Waals surface area contributed by atoms with Gasteiger partial charge in [0.1, 0.15) is 0 Å². The Kier molecular flexibility index (Phi) is 6.65. The van der Waals surface area contributed by atoms with Crippen molar-refractivity contribution in [3.8, 4) is 17.2 Å². The molecule has 32 heavy (non-hydrogen) atoms. The molecule has 1 aliphatic heterocycles. The second kappa shape index (κ2) is 9.61. The van der Waals surface area contributed by atoms with E-state index in [1.807, 2.05) is 40.0 Å².